The van der Waals surface area contributed by atoms with Crippen LogP contribution in [0.4, 0.5) is 0 Å². The predicted octanol–water partition coefficient (Wildman–Crippen LogP) is 3.12. The van der Waals surface area contributed by atoms with Gasteiger partial charge < -0.3 is 14.8 Å². The second-order valence-corrected chi connectivity index (χ2v) is 7.86. The monoisotopic (exact) mass is 417 g/mol. The number of allylic oxidation sites excluding steroid dienone is 1. The second-order valence-electron chi connectivity index (χ2n) is 7.15. The molecule has 0 bridgehead atoms. The van der Waals surface area contributed by atoms with Gasteiger partial charge in [0.15, 0.2) is 0 Å². The van der Waals surface area contributed by atoms with Gasteiger partial charge in [-0.15, -0.1) is 0 Å². The molecule has 156 valence electrons. The molecule has 1 unspecified atom stereocenters. The maximum atomic E-state index is 12.3. The van der Waals surface area contributed by atoms with E-state index in [4.69, 9.17) is 9.47 Å². The minimum atomic E-state index is -2.55. The van der Waals surface area contributed by atoms with E-state index >= 15 is 0 Å². The third kappa shape index (κ3) is 6.17. The van der Waals surface area contributed by atoms with Crippen molar-refractivity contribution >= 4 is 27.4 Å². The van der Waals surface area contributed by atoms with Crippen molar-refractivity contribution in [3.05, 3.63) is 66.0 Å². The predicted molar refractivity (Wildman–Crippen MR) is 115 cm³/mol. The van der Waals surface area contributed by atoms with Crippen LogP contribution in [0.3, 0.4) is 0 Å². The lowest BCUT2D eigenvalue weighted by Gasteiger charge is -2.38. The Bertz CT molecular complexity index is 911. The van der Waals surface area contributed by atoms with E-state index in [2.05, 4.69) is 5.32 Å². The molecule has 3 rings (SSSR count). The number of nitrogens with one attached hydrogen (secondary N) is 1. The summed E-state index contributed by atoms with van der Waals surface area (Å²) in [7, 11) is -0.693. The summed E-state index contributed by atoms with van der Waals surface area (Å²) >= 11 is 0. The summed E-state index contributed by atoms with van der Waals surface area (Å²) in [4.78, 5) is 12.3. The van der Waals surface area contributed by atoms with Crippen LogP contribution >= 0.6 is 0 Å². The Balaban J connectivity index is 0.000000426. The molecular weight excluding hydrogens is 390 g/mol. The first-order valence-corrected chi connectivity index (χ1v) is 10.6. The molecule has 29 heavy (non-hydrogen) atoms. The molecular formula is C22H27NO5S. The molecule has 0 saturated carbocycles. The van der Waals surface area contributed by atoms with E-state index in [0.717, 1.165) is 17.7 Å². The van der Waals surface area contributed by atoms with E-state index in [-0.39, 0.29) is 11.5 Å². The van der Waals surface area contributed by atoms with Gasteiger partial charge in [-0.2, -0.15) is 8.42 Å². The molecule has 1 aliphatic heterocycles. The summed E-state index contributed by atoms with van der Waals surface area (Å²) in [6, 6.07) is 9.57. The lowest BCUT2D eigenvalue weighted by molar-refractivity contribution is -0.130. The van der Waals surface area contributed by atoms with Crippen molar-refractivity contribution < 1.29 is 22.7 Å². The number of hydrogen-bond donors (Lipinski definition) is 1. The number of esters is 1. The number of hydrogen-bond acceptors (Lipinski definition) is 6. The Kier molecular flexibility index (Phi) is 8.42. The van der Waals surface area contributed by atoms with Crippen LogP contribution in [0.25, 0.3) is 5.57 Å². The van der Waals surface area contributed by atoms with Gasteiger partial charge in [0, 0.05) is 11.5 Å². The standard InChI is InChI=1S/C17H19NO4S.C5H8O/c1-17(2)14(18-3)10-9-13(16(19)22-11-23(20)21)15(17)12-7-5-4-6-8-12;1-2-4-6-5-3-1/h4-11,14,18H,1-3H3;2,4H,1,3,5H2. The van der Waals surface area contributed by atoms with Crippen molar-refractivity contribution in [3.63, 3.8) is 0 Å². The van der Waals surface area contributed by atoms with Crippen molar-refractivity contribution in [1.82, 2.24) is 5.32 Å². The number of carbonyl (C=O) groups excluding carboxylic acids is 1. The van der Waals surface area contributed by atoms with Crippen molar-refractivity contribution in [2.45, 2.75) is 32.7 Å². The molecule has 6 nitrogen and oxygen atoms in total. The fraction of sp³-hybridized carbons (Fsp3) is 0.364. The highest BCUT2D eigenvalue weighted by Crippen LogP contribution is 2.43. The van der Waals surface area contributed by atoms with Crippen LogP contribution in [0.5, 0.6) is 0 Å². The van der Waals surface area contributed by atoms with Gasteiger partial charge in [-0.3, -0.25) is 0 Å². The summed E-state index contributed by atoms with van der Waals surface area (Å²) in [5, 5.41) is 3.22. The Morgan fingerprint density at radius 2 is 2.00 bits per heavy atom. The van der Waals surface area contributed by atoms with E-state index in [1.54, 1.807) is 12.3 Å². The first-order chi connectivity index (χ1) is 13.9. The van der Waals surface area contributed by atoms with Gasteiger partial charge in [-0.25, -0.2) is 4.79 Å². The van der Waals surface area contributed by atoms with Gasteiger partial charge in [0.25, 0.3) is 0 Å². The quantitative estimate of drug-likeness (QED) is 0.599. The molecule has 7 heteroatoms. The van der Waals surface area contributed by atoms with E-state index in [1.165, 1.54) is 12.8 Å². The zero-order valence-corrected chi connectivity index (χ0v) is 17.7. The van der Waals surface area contributed by atoms with Gasteiger partial charge in [-0.05, 0) is 43.2 Å². The Hall–Kier alpha value is -2.64. The summed E-state index contributed by atoms with van der Waals surface area (Å²) < 4.78 is 30.8. The maximum Gasteiger partial charge on any atom is 0.344 e. The van der Waals surface area contributed by atoms with Gasteiger partial charge in [0.1, 0.15) is 0 Å². The first kappa shape index (κ1) is 22.6. The highest BCUT2D eigenvalue weighted by molar-refractivity contribution is 7.71. The smallest absolute Gasteiger partial charge is 0.344 e. The lowest BCUT2D eigenvalue weighted by Crippen LogP contribution is -2.41. The van der Waals surface area contributed by atoms with Crippen LogP contribution in [-0.2, 0) is 24.6 Å². The van der Waals surface area contributed by atoms with Crippen LogP contribution in [0.15, 0.2) is 60.4 Å². The van der Waals surface area contributed by atoms with Crippen LogP contribution in [0, 0.1) is 5.41 Å². The molecule has 0 aromatic heterocycles. The first-order valence-electron chi connectivity index (χ1n) is 9.42. The molecule has 2 aliphatic rings. The Morgan fingerprint density at radius 3 is 2.48 bits per heavy atom. The second kappa shape index (κ2) is 10.8. The molecule has 1 atom stereocenters. The number of benzene rings is 1. The van der Waals surface area contributed by atoms with Crippen LogP contribution in [-0.4, -0.2) is 39.6 Å². The topological polar surface area (TPSA) is 81.7 Å². The summed E-state index contributed by atoms with van der Waals surface area (Å²) in [6.07, 6.45) is 9.76. The Morgan fingerprint density at radius 1 is 1.28 bits per heavy atom. The zero-order valence-electron chi connectivity index (χ0n) is 16.9. The van der Waals surface area contributed by atoms with Crippen molar-refractivity contribution in [2.75, 3.05) is 13.7 Å². The van der Waals surface area contributed by atoms with Gasteiger partial charge in [-0.1, -0.05) is 50.3 Å². The number of ether oxygens (including phenoxy) is 2. The van der Waals surface area contributed by atoms with Crippen molar-refractivity contribution in [3.8, 4) is 0 Å². The number of carbonyl (C=O) groups is 1. The number of likely N-dealkylation sites (N-methyl/N-ethyl adjacent to an activating group) is 1. The molecule has 0 saturated heterocycles. The molecule has 0 radical (unpaired) electrons. The van der Waals surface area contributed by atoms with Gasteiger partial charge in [0.2, 0.25) is 15.8 Å². The maximum absolute atomic E-state index is 12.3. The molecule has 0 fully saturated rings. The normalized spacial score (nSPS) is 19.5. The van der Waals surface area contributed by atoms with Crippen LogP contribution in [0.1, 0.15) is 32.3 Å². The Labute approximate surface area is 173 Å². The largest absolute Gasteiger partial charge is 0.502 e. The summed E-state index contributed by atoms with van der Waals surface area (Å²) in [6.45, 7) is 4.97. The van der Waals surface area contributed by atoms with Crippen LogP contribution < -0.4 is 5.32 Å². The highest BCUT2D eigenvalue weighted by Gasteiger charge is 2.37. The van der Waals surface area contributed by atoms with Gasteiger partial charge >= 0.3 is 5.97 Å². The SMILES string of the molecule is C1=COCCC1.CNC1C=CC(C(=O)OC=S(=O)=O)=C(c2ccccc2)C1(C)C. The fourth-order valence-corrected chi connectivity index (χ4v) is 3.58. The average Bonchev–Trinajstić information content (AvgIpc) is 2.73. The van der Waals surface area contributed by atoms with Crippen molar-refractivity contribution in [2.24, 2.45) is 5.41 Å². The van der Waals surface area contributed by atoms with E-state index < -0.39 is 16.3 Å². The highest BCUT2D eigenvalue weighted by atomic mass is 32.2. The van der Waals surface area contributed by atoms with E-state index in [9.17, 15) is 13.2 Å². The molecule has 0 amide bonds. The zero-order chi connectivity index (χ0) is 21.3. The minimum Gasteiger partial charge on any atom is -0.502 e. The number of rotatable bonds is 4. The van der Waals surface area contributed by atoms with E-state index in [0.29, 0.717) is 11.1 Å². The molecule has 1 aromatic rings. The molecule has 1 aromatic carbocycles. The summed E-state index contributed by atoms with van der Waals surface area (Å²) in [5.41, 5.74) is 2.19. The fourth-order valence-electron chi connectivity index (χ4n) is 3.41. The van der Waals surface area contributed by atoms with Crippen molar-refractivity contribution in [1.29, 1.82) is 0 Å². The third-order valence-corrected chi connectivity index (χ3v) is 5.05. The molecule has 1 heterocycles. The van der Waals surface area contributed by atoms with E-state index in [1.807, 2.05) is 63.4 Å². The van der Waals surface area contributed by atoms with Crippen LogP contribution in [0.2, 0.25) is 0 Å². The molecule has 0 spiro atoms. The third-order valence-electron chi connectivity index (χ3n) is 4.80. The van der Waals surface area contributed by atoms with Gasteiger partial charge in [0.05, 0.1) is 18.4 Å². The molecule has 1 N–H and O–H groups in total. The summed E-state index contributed by atoms with van der Waals surface area (Å²) in [5.74, 6) is -0.688. The average molecular weight is 418 g/mol. The lowest BCUT2D eigenvalue weighted by atomic mass is 9.69. The molecule has 1 aliphatic carbocycles. The minimum absolute atomic E-state index is 0.0341.